The Morgan fingerprint density at radius 1 is 1.50 bits per heavy atom. The van der Waals surface area contributed by atoms with E-state index in [9.17, 15) is 4.79 Å². The molecule has 0 amide bonds. The molecule has 14 heavy (non-hydrogen) atoms. The first-order chi connectivity index (χ1) is 6.79. The number of aromatic amines is 1. The Kier molecular flexibility index (Phi) is 2.91. The topological polar surface area (TPSA) is 45.8 Å². The fourth-order valence-corrected chi connectivity index (χ4v) is 2.38. The number of thioether (sulfide) groups is 1. The van der Waals surface area contributed by atoms with Gasteiger partial charge in [-0.05, 0) is 19.1 Å². The largest absolute Gasteiger partial charge is 0.301 e. The second-order valence-electron chi connectivity index (χ2n) is 3.66. The Morgan fingerprint density at radius 2 is 2.21 bits per heavy atom. The molecular weight excluding hydrogens is 196 g/mol. The third-order valence-corrected chi connectivity index (χ3v) is 3.29. The Labute approximate surface area is 87.3 Å². The van der Waals surface area contributed by atoms with Crippen LogP contribution >= 0.6 is 11.8 Å². The van der Waals surface area contributed by atoms with Gasteiger partial charge in [-0.1, -0.05) is 24.6 Å². The van der Waals surface area contributed by atoms with Crippen molar-refractivity contribution in [3.63, 3.8) is 0 Å². The summed E-state index contributed by atoms with van der Waals surface area (Å²) in [6.45, 7) is 0. The summed E-state index contributed by atoms with van der Waals surface area (Å²) in [7, 11) is 0. The van der Waals surface area contributed by atoms with E-state index in [1.165, 1.54) is 37.4 Å². The smallest absolute Gasteiger partial charge is 0.251 e. The Hall–Kier alpha value is -0.770. The van der Waals surface area contributed by atoms with Crippen LogP contribution in [-0.4, -0.2) is 16.2 Å². The highest BCUT2D eigenvalue weighted by atomic mass is 32.2. The first kappa shape index (κ1) is 9.77. The minimum Gasteiger partial charge on any atom is -0.301 e. The standard InChI is InChI=1S/C10H14N2OS/c1-14-10-11-8(6-9(13)12-10)7-4-2-3-5-7/h6-7H,2-5H2,1H3,(H,11,12,13). The molecule has 0 radical (unpaired) electrons. The van der Waals surface area contributed by atoms with Crippen LogP contribution in [0, 0.1) is 0 Å². The van der Waals surface area contributed by atoms with E-state index >= 15 is 0 Å². The van der Waals surface area contributed by atoms with Gasteiger partial charge < -0.3 is 4.98 Å². The molecule has 0 bridgehead atoms. The van der Waals surface area contributed by atoms with Crippen molar-refractivity contribution in [1.29, 1.82) is 0 Å². The van der Waals surface area contributed by atoms with Gasteiger partial charge in [-0.25, -0.2) is 4.98 Å². The van der Waals surface area contributed by atoms with Gasteiger partial charge in [0.15, 0.2) is 5.16 Å². The molecule has 3 nitrogen and oxygen atoms in total. The maximum Gasteiger partial charge on any atom is 0.251 e. The van der Waals surface area contributed by atoms with Crippen molar-refractivity contribution in [3.05, 3.63) is 22.1 Å². The molecule has 0 unspecified atom stereocenters. The lowest BCUT2D eigenvalue weighted by Crippen LogP contribution is -2.11. The molecule has 1 aliphatic carbocycles. The van der Waals surface area contributed by atoms with Gasteiger partial charge in [-0.3, -0.25) is 4.79 Å². The average Bonchev–Trinajstić information content (AvgIpc) is 2.69. The van der Waals surface area contributed by atoms with Crippen molar-refractivity contribution in [2.75, 3.05) is 6.26 Å². The molecule has 1 aliphatic rings. The summed E-state index contributed by atoms with van der Waals surface area (Å²) in [4.78, 5) is 18.5. The van der Waals surface area contributed by atoms with Gasteiger partial charge in [-0.2, -0.15) is 0 Å². The molecule has 1 aromatic rings. The van der Waals surface area contributed by atoms with Gasteiger partial charge in [-0.15, -0.1) is 0 Å². The summed E-state index contributed by atoms with van der Waals surface area (Å²) in [5.74, 6) is 0.517. The second kappa shape index (κ2) is 4.17. The fraction of sp³-hybridized carbons (Fsp3) is 0.600. The molecule has 0 aliphatic heterocycles. The van der Waals surface area contributed by atoms with Crippen molar-refractivity contribution >= 4 is 11.8 Å². The van der Waals surface area contributed by atoms with Crippen LogP contribution in [0.3, 0.4) is 0 Å². The second-order valence-corrected chi connectivity index (χ2v) is 4.46. The van der Waals surface area contributed by atoms with Crippen LogP contribution in [0.2, 0.25) is 0 Å². The zero-order chi connectivity index (χ0) is 9.97. The van der Waals surface area contributed by atoms with E-state index < -0.39 is 0 Å². The van der Waals surface area contributed by atoms with Gasteiger partial charge in [0.05, 0.1) is 5.69 Å². The molecular formula is C10H14N2OS. The molecule has 0 spiro atoms. The quantitative estimate of drug-likeness (QED) is 0.601. The van der Waals surface area contributed by atoms with Crippen molar-refractivity contribution in [2.24, 2.45) is 0 Å². The lowest BCUT2D eigenvalue weighted by Gasteiger charge is -2.08. The number of nitrogens with one attached hydrogen (secondary N) is 1. The molecule has 1 heterocycles. The summed E-state index contributed by atoms with van der Waals surface area (Å²) in [5.41, 5.74) is 0.960. The van der Waals surface area contributed by atoms with Gasteiger partial charge in [0, 0.05) is 12.0 Å². The van der Waals surface area contributed by atoms with Crippen molar-refractivity contribution in [2.45, 2.75) is 36.8 Å². The number of aromatic nitrogens is 2. The molecule has 76 valence electrons. The highest BCUT2D eigenvalue weighted by Crippen LogP contribution is 2.32. The molecule has 0 saturated heterocycles. The predicted octanol–water partition coefficient (Wildman–Crippen LogP) is 2.15. The first-order valence-electron chi connectivity index (χ1n) is 4.95. The maximum atomic E-state index is 11.3. The lowest BCUT2D eigenvalue weighted by atomic mass is 10.0. The average molecular weight is 210 g/mol. The third kappa shape index (κ3) is 2.00. The van der Waals surface area contributed by atoms with Gasteiger partial charge in [0.2, 0.25) is 0 Å². The van der Waals surface area contributed by atoms with E-state index in [0.717, 1.165) is 10.9 Å². The van der Waals surface area contributed by atoms with Crippen molar-refractivity contribution in [1.82, 2.24) is 9.97 Å². The van der Waals surface area contributed by atoms with Crippen LogP contribution in [0.5, 0.6) is 0 Å². The zero-order valence-corrected chi connectivity index (χ0v) is 9.06. The minimum atomic E-state index is -0.0220. The fourth-order valence-electron chi connectivity index (χ4n) is 1.98. The van der Waals surface area contributed by atoms with Gasteiger partial charge >= 0.3 is 0 Å². The summed E-state index contributed by atoms with van der Waals surface area (Å²) in [6.07, 6.45) is 6.84. The van der Waals surface area contributed by atoms with E-state index in [0.29, 0.717) is 5.92 Å². The van der Waals surface area contributed by atoms with E-state index in [1.54, 1.807) is 6.07 Å². The zero-order valence-electron chi connectivity index (χ0n) is 8.25. The normalized spacial score (nSPS) is 17.5. The van der Waals surface area contributed by atoms with Crippen molar-refractivity contribution < 1.29 is 0 Å². The van der Waals surface area contributed by atoms with Crippen LogP contribution in [0.4, 0.5) is 0 Å². The van der Waals surface area contributed by atoms with Crippen LogP contribution in [-0.2, 0) is 0 Å². The highest BCUT2D eigenvalue weighted by molar-refractivity contribution is 7.98. The summed E-state index contributed by atoms with van der Waals surface area (Å²) < 4.78 is 0. The molecule has 1 N–H and O–H groups in total. The molecule has 1 saturated carbocycles. The number of H-pyrrole nitrogens is 1. The third-order valence-electron chi connectivity index (χ3n) is 2.71. The van der Waals surface area contributed by atoms with Gasteiger partial charge in [0.1, 0.15) is 0 Å². The van der Waals surface area contributed by atoms with Gasteiger partial charge in [0.25, 0.3) is 5.56 Å². The van der Waals surface area contributed by atoms with E-state index in [1.807, 2.05) is 6.26 Å². The van der Waals surface area contributed by atoms with E-state index in [-0.39, 0.29) is 5.56 Å². The summed E-state index contributed by atoms with van der Waals surface area (Å²) in [6, 6.07) is 1.65. The summed E-state index contributed by atoms with van der Waals surface area (Å²) in [5, 5.41) is 0.736. The predicted molar refractivity (Wildman–Crippen MR) is 57.8 cm³/mol. The number of rotatable bonds is 2. The minimum absolute atomic E-state index is 0.0220. The first-order valence-corrected chi connectivity index (χ1v) is 6.17. The molecule has 1 fully saturated rings. The van der Waals surface area contributed by atoms with Crippen molar-refractivity contribution in [3.8, 4) is 0 Å². The van der Waals surface area contributed by atoms with Crippen LogP contribution < -0.4 is 5.56 Å². The molecule has 1 aromatic heterocycles. The number of hydrogen-bond donors (Lipinski definition) is 1. The molecule has 0 aromatic carbocycles. The van der Waals surface area contributed by atoms with Crippen LogP contribution in [0.1, 0.15) is 37.3 Å². The lowest BCUT2D eigenvalue weighted by molar-refractivity contribution is 0.675. The van der Waals surface area contributed by atoms with Crippen LogP contribution in [0.25, 0.3) is 0 Å². The van der Waals surface area contributed by atoms with Crippen LogP contribution in [0.15, 0.2) is 16.0 Å². The SMILES string of the molecule is CSc1nc(C2CCCC2)cc(=O)[nH]1. The summed E-state index contributed by atoms with van der Waals surface area (Å²) >= 11 is 1.49. The molecule has 0 atom stereocenters. The molecule has 2 rings (SSSR count). The number of hydrogen-bond acceptors (Lipinski definition) is 3. The Morgan fingerprint density at radius 3 is 2.86 bits per heavy atom. The maximum absolute atomic E-state index is 11.3. The number of nitrogens with zero attached hydrogens (tertiary/aromatic N) is 1. The van der Waals surface area contributed by atoms with E-state index in [2.05, 4.69) is 9.97 Å². The molecule has 4 heteroatoms. The monoisotopic (exact) mass is 210 g/mol. The van der Waals surface area contributed by atoms with E-state index in [4.69, 9.17) is 0 Å². The highest BCUT2D eigenvalue weighted by Gasteiger charge is 2.19. The Balaban J connectivity index is 2.32. The Bertz CT molecular complexity index is 369.